The van der Waals surface area contributed by atoms with E-state index in [0.717, 1.165) is 6.08 Å². The summed E-state index contributed by atoms with van der Waals surface area (Å²) in [4.78, 5) is 10.2. The van der Waals surface area contributed by atoms with Gasteiger partial charge in [-0.25, -0.2) is 0 Å². The fourth-order valence-electron chi connectivity index (χ4n) is 0.489. The predicted octanol–water partition coefficient (Wildman–Crippen LogP) is -3.85. The molecule has 0 aliphatic carbocycles. The van der Waals surface area contributed by atoms with Crippen LogP contribution in [0.3, 0.4) is 0 Å². The molecule has 0 atom stereocenters. The van der Waals surface area contributed by atoms with Gasteiger partial charge in [0.2, 0.25) is 0 Å². The summed E-state index contributed by atoms with van der Waals surface area (Å²) in [6.45, 7) is 0. The first kappa shape index (κ1) is 12.1. The van der Waals surface area contributed by atoms with E-state index < -0.39 is 5.97 Å². The van der Waals surface area contributed by atoms with Crippen molar-refractivity contribution in [1.82, 2.24) is 10.1 Å². The molecular weight excluding hydrogens is 216 g/mol. The molecule has 0 aromatic rings. The van der Waals surface area contributed by atoms with Crippen LogP contribution in [0, 0.1) is 0 Å². The average Bonchev–Trinajstić information content (AvgIpc) is 1.85. The minimum atomic E-state index is -1.43. The molecule has 1 rings (SSSR count). The number of carboxylic acid groups (broad SMARTS) is 1. The van der Waals surface area contributed by atoms with Crippen LogP contribution < -0.4 is 40.1 Å². The van der Waals surface area contributed by atoms with Crippen LogP contribution in [-0.4, -0.2) is 16.3 Å². The van der Waals surface area contributed by atoms with Gasteiger partial charge in [-0.1, -0.05) is 11.6 Å². The summed E-state index contributed by atoms with van der Waals surface area (Å²) in [5, 5.41) is 13.6. The van der Waals surface area contributed by atoms with Crippen LogP contribution in [0.5, 0.6) is 0 Å². The van der Waals surface area contributed by atoms with Crippen molar-refractivity contribution in [3.05, 3.63) is 11.2 Å². The Balaban J connectivity index is 0.00000121. The molecule has 0 unspecified atom stereocenters. The van der Waals surface area contributed by atoms with Crippen LogP contribution in [0.4, 0.5) is 0 Å². The van der Waals surface area contributed by atoms with Gasteiger partial charge < -0.3 is 9.90 Å². The van der Waals surface area contributed by atoms with Gasteiger partial charge in [0.1, 0.15) is 10.9 Å². The third-order valence-electron chi connectivity index (χ3n) is 0.867. The van der Waals surface area contributed by atoms with E-state index in [1.54, 1.807) is 0 Å². The number of carbonyl (C=O) groups is 1. The topological polar surface area (TPSA) is 67.8 Å². The number of nitrogens with one attached hydrogen (secondary N) is 1. The van der Waals surface area contributed by atoms with Gasteiger partial charge in [0.15, 0.2) is 0 Å². The van der Waals surface area contributed by atoms with Gasteiger partial charge >= 0.3 is 29.6 Å². The van der Waals surface area contributed by atoms with E-state index >= 15 is 0 Å². The number of hydrogen-bond acceptors (Lipinski definition) is 5. The SMILES string of the molecule is O=C([O-])C1=NN(Cl)NC(Cl)=C1.[Na+]. The molecule has 12 heavy (non-hydrogen) atoms. The standard InChI is InChI=1S/C4H3Cl2N3O2.Na/c5-3-1-2(4(10)11)7-9(6)8-3;/h1,8H,(H,10,11);/q;+1/p-1. The molecule has 5 nitrogen and oxygen atoms in total. The van der Waals surface area contributed by atoms with Gasteiger partial charge in [-0.05, 0) is 0 Å². The normalized spacial score (nSPS) is 15.3. The van der Waals surface area contributed by atoms with Gasteiger partial charge in [0.05, 0.1) is 17.7 Å². The van der Waals surface area contributed by atoms with Crippen molar-refractivity contribution in [3.8, 4) is 0 Å². The quantitative estimate of drug-likeness (QED) is 0.278. The van der Waals surface area contributed by atoms with Crippen LogP contribution in [-0.2, 0) is 4.79 Å². The van der Waals surface area contributed by atoms with Gasteiger partial charge in [-0.2, -0.15) is 0 Å². The van der Waals surface area contributed by atoms with Crippen molar-refractivity contribution in [2.75, 3.05) is 0 Å². The number of hydrazone groups is 1. The molecule has 0 radical (unpaired) electrons. The van der Waals surface area contributed by atoms with Gasteiger partial charge in [0.25, 0.3) is 0 Å². The molecule has 1 heterocycles. The summed E-state index contributed by atoms with van der Waals surface area (Å²) in [6, 6.07) is 0. The minimum absolute atomic E-state index is 0. The molecule has 1 aliphatic heterocycles. The Hall–Kier alpha value is 0.0600. The molecule has 0 saturated carbocycles. The van der Waals surface area contributed by atoms with Crippen molar-refractivity contribution in [2.45, 2.75) is 0 Å². The maximum Gasteiger partial charge on any atom is 1.00 e. The van der Waals surface area contributed by atoms with Crippen LogP contribution in [0.15, 0.2) is 16.3 Å². The van der Waals surface area contributed by atoms with E-state index in [2.05, 4.69) is 10.5 Å². The number of carboxylic acids is 1. The van der Waals surface area contributed by atoms with Gasteiger partial charge in [-0.3, -0.25) is 5.43 Å². The Kier molecular flexibility index (Phi) is 4.96. The van der Waals surface area contributed by atoms with Gasteiger partial charge in [-0.15, -0.1) is 9.74 Å². The number of hydrazine groups is 1. The number of nitrogens with zero attached hydrogens (tertiary/aromatic N) is 2. The molecular formula is C4H2Cl2N3NaO2. The average molecular weight is 218 g/mol. The summed E-state index contributed by atoms with van der Waals surface area (Å²) in [5.74, 6) is -1.43. The number of hydrogen-bond donors (Lipinski definition) is 1. The van der Waals surface area contributed by atoms with E-state index in [0.29, 0.717) is 4.64 Å². The third kappa shape index (κ3) is 3.20. The maximum absolute atomic E-state index is 10.2. The molecule has 1 aliphatic rings. The molecule has 1 N–H and O–H groups in total. The summed E-state index contributed by atoms with van der Waals surface area (Å²) < 4.78 is 0.660. The molecule has 0 aromatic heterocycles. The fraction of sp³-hybridized carbons (Fsp3) is 0. The summed E-state index contributed by atoms with van der Waals surface area (Å²) in [7, 11) is 0. The van der Waals surface area contributed by atoms with Crippen molar-refractivity contribution in [1.29, 1.82) is 0 Å². The summed E-state index contributed by atoms with van der Waals surface area (Å²) >= 11 is 10.7. The summed E-state index contributed by atoms with van der Waals surface area (Å²) in [5.41, 5.74) is 1.98. The summed E-state index contributed by atoms with van der Waals surface area (Å²) in [6.07, 6.45) is 1.09. The first-order chi connectivity index (χ1) is 5.09. The van der Waals surface area contributed by atoms with Crippen LogP contribution in [0.2, 0.25) is 0 Å². The fourth-order valence-corrected chi connectivity index (χ4v) is 0.888. The molecule has 0 saturated heterocycles. The van der Waals surface area contributed by atoms with Crippen molar-refractivity contribution in [3.63, 3.8) is 0 Å². The second kappa shape index (κ2) is 4.94. The Morgan fingerprint density at radius 3 is 2.75 bits per heavy atom. The number of carbonyl (C=O) groups excluding carboxylic acids is 1. The van der Waals surface area contributed by atoms with E-state index in [1.165, 1.54) is 0 Å². The number of aliphatic carboxylic acids is 1. The Morgan fingerprint density at radius 2 is 2.33 bits per heavy atom. The first-order valence-electron chi connectivity index (χ1n) is 2.49. The van der Waals surface area contributed by atoms with E-state index in [4.69, 9.17) is 23.4 Å². The second-order valence-corrected chi connectivity index (χ2v) is 2.36. The zero-order chi connectivity index (χ0) is 8.43. The Morgan fingerprint density at radius 1 is 1.75 bits per heavy atom. The van der Waals surface area contributed by atoms with Gasteiger partial charge in [0, 0.05) is 6.08 Å². The molecule has 0 fully saturated rings. The minimum Gasteiger partial charge on any atom is -0.543 e. The Bertz CT molecular complexity index is 255. The molecule has 0 amide bonds. The monoisotopic (exact) mass is 217 g/mol. The van der Waals surface area contributed by atoms with Crippen molar-refractivity contribution >= 4 is 35.1 Å². The predicted molar refractivity (Wildman–Crippen MR) is 37.2 cm³/mol. The zero-order valence-corrected chi connectivity index (χ0v) is 9.56. The number of halogens is 2. The Labute approximate surface area is 100 Å². The smallest absolute Gasteiger partial charge is 0.543 e. The molecule has 8 heteroatoms. The zero-order valence-electron chi connectivity index (χ0n) is 6.04. The molecule has 60 valence electrons. The van der Waals surface area contributed by atoms with Crippen molar-refractivity contribution in [2.24, 2.45) is 5.10 Å². The number of rotatable bonds is 1. The van der Waals surface area contributed by atoms with E-state index in [9.17, 15) is 9.90 Å². The molecule has 0 bridgehead atoms. The first-order valence-corrected chi connectivity index (χ1v) is 3.21. The molecule has 0 spiro atoms. The third-order valence-corrected chi connectivity index (χ3v) is 1.22. The van der Waals surface area contributed by atoms with E-state index in [1.807, 2.05) is 0 Å². The second-order valence-electron chi connectivity index (χ2n) is 1.64. The van der Waals surface area contributed by atoms with Crippen LogP contribution in [0.25, 0.3) is 0 Å². The largest absolute Gasteiger partial charge is 1.00 e. The maximum atomic E-state index is 10.2. The van der Waals surface area contributed by atoms with E-state index in [-0.39, 0.29) is 40.4 Å². The van der Waals surface area contributed by atoms with Crippen molar-refractivity contribution < 1.29 is 39.5 Å². The molecule has 0 aromatic carbocycles. The van der Waals surface area contributed by atoms with Crippen LogP contribution in [0.1, 0.15) is 0 Å². The van der Waals surface area contributed by atoms with Crippen LogP contribution >= 0.6 is 23.4 Å².